The first-order valence-corrected chi connectivity index (χ1v) is 6.91. The number of amides is 1. The number of rotatable bonds is 6. The second-order valence-corrected chi connectivity index (χ2v) is 5.60. The van der Waals surface area contributed by atoms with Crippen LogP contribution in [0, 0.1) is 0 Å². The smallest absolute Gasteiger partial charge is 0.460 e. The van der Waals surface area contributed by atoms with Crippen molar-refractivity contribution in [2.45, 2.75) is 35.8 Å². The lowest BCUT2D eigenvalue weighted by molar-refractivity contribution is -0.435. The van der Waals surface area contributed by atoms with Crippen LogP contribution >= 0.6 is 0 Å². The van der Waals surface area contributed by atoms with Gasteiger partial charge in [0.05, 0.1) is 5.69 Å². The van der Waals surface area contributed by atoms with E-state index in [0.29, 0.717) is 17.4 Å². The zero-order valence-corrected chi connectivity index (χ0v) is 13.6. The number of nitrogens with two attached hydrogens (primary N) is 1. The van der Waals surface area contributed by atoms with Crippen molar-refractivity contribution in [2.75, 3.05) is 11.1 Å². The highest BCUT2D eigenvalue weighted by Crippen LogP contribution is 2.60. The number of alkyl halides is 13. The molecule has 4 N–H and O–H groups in total. The molecule has 1 aromatic carbocycles. The number of aromatic hydroxyl groups is 1. The second-order valence-electron chi connectivity index (χ2n) is 5.60. The van der Waals surface area contributed by atoms with Gasteiger partial charge in [0.25, 0.3) is 0 Å². The molecule has 0 aliphatic carbocycles. The zero-order chi connectivity index (χ0) is 24.1. The summed E-state index contributed by atoms with van der Waals surface area (Å²) in [5.74, 6) is -43.6. The van der Waals surface area contributed by atoms with Crippen molar-refractivity contribution in [3.05, 3.63) is 18.2 Å². The lowest BCUT2D eigenvalue weighted by atomic mass is 9.93. The van der Waals surface area contributed by atoms with E-state index >= 15 is 0 Å². The van der Waals surface area contributed by atoms with Crippen LogP contribution in [0.5, 0.6) is 5.75 Å². The number of phenols is 1. The van der Waals surface area contributed by atoms with Crippen molar-refractivity contribution < 1.29 is 67.0 Å². The molecule has 0 aliphatic rings. The van der Waals surface area contributed by atoms with Crippen LogP contribution in [0.4, 0.5) is 68.5 Å². The first-order valence-electron chi connectivity index (χ1n) is 6.91. The minimum Gasteiger partial charge on any atom is -0.506 e. The molecule has 0 aliphatic heterocycles. The second kappa shape index (κ2) is 6.97. The highest BCUT2D eigenvalue weighted by Gasteiger charge is 2.91. The molecular formula is C13H7F13N2O2. The summed E-state index contributed by atoms with van der Waals surface area (Å²) >= 11 is 0. The lowest BCUT2D eigenvalue weighted by Gasteiger charge is -2.39. The van der Waals surface area contributed by atoms with Crippen LogP contribution < -0.4 is 11.1 Å². The summed E-state index contributed by atoms with van der Waals surface area (Å²) in [6.07, 6.45) is -7.55. The van der Waals surface area contributed by atoms with Gasteiger partial charge in [-0.2, -0.15) is 57.1 Å². The van der Waals surface area contributed by atoms with E-state index in [1.165, 1.54) is 0 Å². The molecule has 1 amide bonds. The number of benzene rings is 1. The molecule has 17 heteroatoms. The van der Waals surface area contributed by atoms with Gasteiger partial charge in [-0.05, 0) is 18.2 Å². The minimum atomic E-state index is -8.12. The van der Waals surface area contributed by atoms with Crippen molar-refractivity contribution in [3.63, 3.8) is 0 Å². The third-order valence-electron chi connectivity index (χ3n) is 3.49. The van der Waals surface area contributed by atoms with Crippen LogP contribution in [0.15, 0.2) is 18.2 Å². The fourth-order valence-corrected chi connectivity index (χ4v) is 1.77. The Kier molecular flexibility index (Phi) is 5.90. The van der Waals surface area contributed by atoms with E-state index in [4.69, 9.17) is 5.73 Å². The largest absolute Gasteiger partial charge is 0.506 e. The maximum Gasteiger partial charge on any atom is 0.460 e. The molecule has 0 saturated carbocycles. The fraction of sp³-hybridized carbons (Fsp3) is 0.462. The van der Waals surface area contributed by atoms with E-state index in [-0.39, 0.29) is 0 Å². The molecule has 0 radical (unpaired) electrons. The Bertz CT molecular complexity index is 820. The molecule has 172 valence electrons. The van der Waals surface area contributed by atoms with Crippen molar-refractivity contribution in [3.8, 4) is 5.75 Å². The highest BCUT2D eigenvalue weighted by atomic mass is 19.4. The van der Waals surface area contributed by atoms with Gasteiger partial charge in [-0.1, -0.05) is 0 Å². The number of carbonyl (C=O) groups excluding carboxylic acids is 1. The summed E-state index contributed by atoms with van der Waals surface area (Å²) in [4.78, 5) is 11.3. The Morgan fingerprint density at radius 3 is 1.63 bits per heavy atom. The summed E-state index contributed by atoms with van der Waals surface area (Å²) in [6, 6.07) is 1.85. The van der Waals surface area contributed by atoms with Gasteiger partial charge >= 0.3 is 41.7 Å². The molecule has 0 bridgehead atoms. The van der Waals surface area contributed by atoms with E-state index in [1.54, 1.807) is 0 Å². The Balaban J connectivity index is 3.44. The molecular weight excluding hydrogens is 463 g/mol. The third kappa shape index (κ3) is 3.53. The highest BCUT2D eigenvalue weighted by molar-refractivity contribution is 5.98. The Morgan fingerprint density at radius 2 is 1.20 bits per heavy atom. The molecule has 4 nitrogen and oxygen atoms in total. The maximum absolute atomic E-state index is 13.6. The van der Waals surface area contributed by atoms with Crippen LogP contribution in [-0.2, 0) is 4.79 Å². The normalized spacial score (nSPS) is 14.6. The average molecular weight is 470 g/mol. The molecule has 1 aromatic rings. The van der Waals surface area contributed by atoms with E-state index in [0.717, 1.165) is 6.07 Å². The van der Waals surface area contributed by atoms with Gasteiger partial charge in [0, 0.05) is 5.69 Å². The number of halogens is 13. The monoisotopic (exact) mass is 470 g/mol. The molecule has 0 fully saturated rings. The van der Waals surface area contributed by atoms with Crippen LogP contribution in [0.25, 0.3) is 0 Å². The predicted octanol–water partition coefficient (Wildman–Crippen LogP) is 4.65. The van der Waals surface area contributed by atoms with Gasteiger partial charge in [-0.3, -0.25) is 4.79 Å². The molecule has 0 heterocycles. The number of nitrogen functional groups attached to an aromatic ring is 1. The number of nitrogens with one attached hydrogen (secondary N) is 1. The molecule has 30 heavy (non-hydrogen) atoms. The lowest BCUT2D eigenvalue weighted by Crippen LogP contribution is -2.71. The van der Waals surface area contributed by atoms with Gasteiger partial charge in [-0.25, -0.2) is 0 Å². The van der Waals surface area contributed by atoms with Gasteiger partial charge in [0.1, 0.15) is 5.75 Å². The minimum absolute atomic E-state index is 0.409. The summed E-state index contributed by atoms with van der Waals surface area (Å²) in [5, 5.41) is 9.95. The van der Waals surface area contributed by atoms with Gasteiger partial charge < -0.3 is 16.2 Å². The van der Waals surface area contributed by atoms with Crippen LogP contribution in [0.2, 0.25) is 0 Å². The Hall–Kier alpha value is -2.62. The SMILES string of the molecule is Nc1ccc(O)c(NC(=O)C(F)(F)C(F)(F)C(F)(F)C(F)(F)C(F)(F)C(F)(F)F)c1. The van der Waals surface area contributed by atoms with Gasteiger partial charge in [0.15, 0.2) is 0 Å². The average Bonchev–Trinajstić information content (AvgIpc) is 2.56. The topological polar surface area (TPSA) is 75.3 Å². The van der Waals surface area contributed by atoms with Crippen molar-refractivity contribution in [1.82, 2.24) is 0 Å². The summed E-state index contributed by atoms with van der Waals surface area (Å²) < 4.78 is 168. The van der Waals surface area contributed by atoms with Crippen molar-refractivity contribution in [1.29, 1.82) is 0 Å². The zero-order valence-electron chi connectivity index (χ0n) is 13.6. The molecule has 0 spiro atoms. The quantitative estimate of drug-likeness (QED) is 0.245. The first kappa shape index (κ1) is 25.4. The van der Waals surface area contributed by atoms with Gasteiger partial charge in [0.2, 0.25) is 0 Å². The number of phenolic OH excluding ortho intramolecular Hbond substituents is 1. The van der Waals surface area contributed by atoms with E-state index < -0.39 is 58.8 Å². The van der Waals surface area contributed by atoms with E-state index in [1.807, 2.05) is 0 Å². The Labute approximate surface area is 156 Å². The molecule has 0 aromatic heterocycles. The molecule has 0 atom stereocenters. The van der Waals surface area contributed by atoms with Crippen LogP contribution in [-0.4, -0.2) is 46.8 Å². The number of hydrogen-bond acceptors (Lipinski definition) is 3. The van der Waals surface area contributed by atoms with Crippen molar-refractivity contribution in [2.24, 2.45) is 0 Å². The van der Waals surface area contributed by atoms with Gasteiger partial charge in [-0.15, -0.1) is 0 Å². The third-order valence-corrected chi connectivity index (χ3v) is 3.49. The molecule has 1 rings (SSSR count). The Morgan fingerprint density at radius 1 is 0.767 bits per heavy atom. The number of carbonyl (C=O) groups is 1. The maximum atomic E-state index is 13.6. The predicted molar refractivity (Wildman–Crippen MR) is 71.9 cm³/mol. The molecule has 0 saturated heterocycles. The summed E-state index contributed by atoms with van der Waals surface area (Å²) in [7, 11) is 0. The first-order chi connectivity index (χ1) is 13.1. The fourth-order valence-electron chi connectivity index (χ4n) is 1.77. The summed E-state index contributed by atoms with van der Waals surface area (Å²) in [5.41, 5.74) is 3.44. The van der Waals surface area contributed by atoms with Crippen LogP contribution in [0.1, 0.15) is 0 Å². The number of anilines is 2. The number of hydrogen-bond donors (Lipinski definition) is 3. The molecule has 0 unspecified atom stereocenters. The summed E-state index contributed by atoms with van der Waals surface area (Å²) in [6.45, 7) is 0. The standard InChI is InChI=1S/C13H7F13N2O2/c14-8(15,7(30)28-5-3-4(27)1-2-6(5)29)9(16,17)10(18,19)11(20,21)12(22,23)13(24,25)26/h1-3,29H,27H2,(H,28,30). The van der Waals surface area contributed by atoms with E-state index in [9.17, 15) is 67.0 Å². The van der Waals surface area contributed by atoms with Crippen molar-refractivity contribution >= 4 is 17.3 Å². The van der Waals surface area contributed by atoms with E-state index in [2.05, 4.69) is 0 Å². The van der Waals surface area contributed by atoms with Crippen LogP contribution in [0.3, 0.4) is 0 Å².